The van der Waals surface area contributed by atoms with Crippen LogP contribution in [0, 0.1) is 0 Å². The fraction of sp³-hybridized carbons (Fsp3) is 0.167. The third kappa shape index (κ3) is 6.34. The first-order valence-electron chi connectivity index (χ1n) is 9.73. The lowest BCUT2D eigenvalue weighted by Gasteiger charge is -2.24. The lowest BCUT2D eigenvalue weighted by molar-refractivity contribution is -0.274. The van der Waals surface area contributed by atoms with E-state index < -0.39 is 23.9 Å². The summed E-state index contributed by atoms with van der Waals surface area (Å²) in [6, 6.07) is 23.3. The summed E-state index contributed by atoms with van der Waals surface area (Å²) in [5.74, 6) is -1.71. The number of hydrogen-bond donors (Lipinski definition) is 1. The molecule has 0 unspecified atom stereocenters. The molecule has 2 amide bonds. The molecule has 0 aliphatic heterocycles. The Morgan fingerprint density at radius 2 is 1.38 bits per heavy atom. The van der Waals surface area contributed by atoms with Crippen LogP contribution < -0.4 is 10.1 Å². The van der Waals surface area contributed by atoms with Crippen LogP contribution in [0.1, 0.15) is 17.0 Å². The van der Waals surface area contributed by atoms with Crippen molar-refractivity contribution in [3.05, 3.63) is 96.1 Å². The highest BCUT2D eigenvalue weighted by atomic mass is 19.4. The Bertz CT molecular complexity index is 1000. The number of likely N-dealkylation sites (N-methyl/N-ethyl adjacent to an activating group) is 1. The zero-order valence-electron chi connectivity index (χ0n) is 17.2. The number of rotatable bonds is 7. The molecule has 166 valence electrons. The van der Waals surface area contributed by atoms with Crippen LogP contribution in [-0.4, -0.2) is 36.7 Å². The molecule has 0 aliphatic rings. The van der Waals surface area contributed by atoms with Crippen molar-refractivity contribution >= 4 is 17.5 Å². The molecule has 0 radical (unpaired) electrons. The molecule has 0 saturated heterocycles. The summed E-state index contributed by atoms with van der Waals surface area (Å²) >= 11 is 0. The average Bonchev–Trinajstić information content (AvgIpc) is 2.75. The van der Waals surface area contributed by atoms with Crippen molar-refractivity contribution in [1.82, 2.24) is 4.90 Å². The molecule has 32 heavy (non-hydrogen) atoms. The van der Waals surface area contributed by atoms with Gasteiger partial charge in [-0.2, -0.15) is 0 Å². The van der Waals surface area contributed by atoms with Gasteiger partial charge in [-0.3, -0.25) is 9.59 Å². The number of benzene rings is 3. The van der Waals surface area contributed by atoms with Crippen LogP contribution in [0.5, 0.6) is 5.75 Å². The first kappa shape index (κ1) is 22.9. The van der Waals surface area contributed by atoms with Crippen LogP contribution in [0.2, 0.25) is 0 Å². The number of carbonyl (C=O) groups excluding carboxylic acids is 2. The zero-order chi connectivity index (χ0) is 23.1. The van der Waals surface area contributed by atoms with Gasteiger partial charge in [-0.25, -0.2) is 0 Å². The molecule has 0 saturated carbocycles. The number of alkyl halides is 3. The molecular formula is C24H21F3N2O3. The highest BCUT2D eigenvalue weighted by Gasteiger charge is 2.31. The first-order valence-corrected chi connectivity index (χ1v) is 9.73. The number of amides is 2. The van der Waals surface area contributed by atoms with Crippen LogP contribution in [0.4, 0.5) is 18.9 Å². The molecule has 3 aromatic rings. The standard InChI is InChI=1S/C24H21F3N2O3/c1-29(16-21(30)28-19-12-14-20(15-13-19)32-24(25,26)27)23(31)22(17-8-4-2-5-9-17)18-10-6-3-7-11-18/h2-15,22H,16H2,1H3,(H,28,30). The molecule has 0 bridgehead atoms. The molecule has 0 fully saturated rings. The predicted octanol–water partition coefficient (Wildman–Crippen LogP) is 4.81. The van der Waals surface area contributed by atoms with Gasteiger partial charge in [0.1, 0.15) is 5.75 Å². The van der Waals surface area contributed by atoms with E-state index in [0.717, 1.165) is 23.3 Å². The molecule has 5 nitrogen and oxygen atoms in total. The molecular weight excluding hydrogens is 421 g/mol. The third-order valence-electron chi connectivity index (χ3n) is 4.64. The first-order chi connectivity index (χ1) is 15.2. The van der Waals surface area contributed by atoms with Crippen molar-refractivity contribution in [2.75, 3.05) is 18.9 Å². The highest BCUT2D eigenvalue weighted by molar-refractivity contribution is 5.96. The minimum Gasteiger partial charge on any atom is -0.406 e. The van der Waals surface area contributed by atoms with Gasteiger partial charge in [0.25, 0.3) is 0 Å². The summed E-state index contributed by atoms with van der Waals surface area (Å²) in [6.45, 7) is -0.226. The Morgan fingerprint density at radius 1 is 0.875 bits per heavy atom. The molecule has 0 spiro atoms. The van der Waals surface area contributed by atoms with Crippen LogP contribution >= 0.6 is 0 Å². The van der Waals surface area contributed by atoms with E-state index in [9.17, 15) is 22.8 Å². The van der Waals surface area contributed by atoms with E-state index in [1.54, 1.807) is 0 Å². The normalized spacial score (nSPS) is 11.2. The van der Waals surface area contributed by atoms with Crippen LogP contribution in [0.25, 0.3) is 0 Å². The Hall–Kier alpha value is -3.81. The van der Waals surface area contributed by atoms with Crippen molar-refractivity contribution in [1.29, 1.82) is 0 Å². The Kier molecular flexibility index (Phi) is 7.14. The van der Waals surface area contributed by atoms with Crippen LogP contribution in [0.3, 0.4) is 0 Å². The lowest BCUT2D eigenvalue weighted by Crippen LogP contribution is -2.38. The fourth-order valence-corrected chi connectivity index (χ4v) is 3.22. The topological polar surface area (TPSA) is 58.6 Å². The van der Waals surface area contributed by atoms with Crippen molar-refractivity contribution in [3.8, 4) is 5.75 Å². The number of ether oxygens (including phenoxy) is 1. The van der Waals surface area contributed by atoms with Gasteiger partial charge >= 0.3 is 6.36 Å². The second kappa shape index (κ2) is 10.00. The quantitative estimate of drug-likeness (QED) is 0.571. The largest absolute Gasteiger partial charge is 0.573 e. The second-order valence-electron chi connectivity index (χ2n) is 7.07. The smallest absolute Gasteiger partial charge is 0.406 e. The molecule has 0 aromatic heterocycles. The summed E-state index contributed by atoms with van der Waals surface area (Å²) in [6.07, 6.45) is -4.79. The monoisotopic (exact) mass is 442 g/mol. The van der Waals surface area contributed by atoms with Gasteiger partial charge in [-0.1, -0.05) is 60.7 Å². The number of anilines is 1. The van der Waals surface area contributed by atoms with E-state index in [1.165, 1.54) is 24.1 Å². The number of hydrogen-bond acceptors (Lipinski definition) is 3. The lowest BCUT2D eigenvalue weighted by atomic mass is 9.90. The van der Waals surface area contributed by atoms with Crippen LogP contribution in [-0.2, 0) is 9.59 Å². The van der Waals surface area contributed by atoms with Gasteiger partial charge in [-0.05, 0) is 35.4 Å². The number of nitrogens with one attached hydrogen (secondary N) is 1. The van der Waals surface area contributed by atoms with E-state index in [0.29, 0.717) is 0 Å². The Morgan fingerprint density at radius 3 is 1.84 bits per heavy atom. The van der Waals surface area contributed by atoms with Crippen molar-refractivity contribution in [2.24, 2.45) is 0 Å². The molecule has 0 heterocycles. The van der Waals surface area contributed by atoms with E-state index in [1.807, 2.05) is 60.7 Å². The maximum absolute atomic E-state index is 13.2. The van der Waals surface area contributed by atoms with E-state index in [-0.39, 0.29) is 18.1 Å². The average molecular weight is 442 g/mol. The molecule has 8 heteroatoms. The summed E-state index contributed by atoms with van der Waals surface area (Å²) in [5.41, 5.74) is 1.89. The van der Waals surface area contributed by atoms with E-state index >= 15 is 0 Å². The van der Waals surface area contributed by atoms with Gasteiger partial charge in [0.2, 0.25) is 11.8 Å². The fourth-order valence-electron chi connectivity index (χ4n) is 3.22. The van der Waals surface area contributed by atoms with E-state index in [4.69, 9.17) is 0 Å². The summed E-state index contributed by atoms with van der Waals surface area (Å²) in [4.78, 5) is 27.0. The molecule has 3 aromatic carbocycles. The minimum absolute atomic E-state index is 0.226. The van der Waals surface area contributed by atoms with Gasteiger partial charge < -0.3 is 15.0 Å². The Labute approximate surface area is 183 Å². The summed E-state index contributed by atoms with van der Waals surface area (Å²) < 4.78 is 40.6. The summed E-state index contributed by atoms with van der Waals surface area (Å²) in [7, 11) is 1.53. The molecule has 1 N–H and O–H groups in total. The van der Waals surface area contributed by atoms with Crippen molar-refractivity contribution < 1.29 is 27.5 Å². The van der Waals surface area contributed by atoms with Gasteiger partial charge in [0.15, 0.2) is 0 Å². The SMILES string of the molecule is CN(CC(=O)Nc1ccc(OC(F)(F)F)cc1)C(=O)C(c1ccccc1)c1ccccc1. The van der Waals surface area contributed by atoms with Crippen molar-refractivity contribution in [3.63, 3.8) is 0 Å². The van der Waals surface area contributed by atoms with Gasteiger partial charge in [-0.15, -0.1) is 13.2 Å². The number of nitrogens with zero attached hydrogens (tertiary/aromatic N) is 1. The summed E-state index contributed by atoms with van der Waals surface area (Å²) in [5, 5.41) is 2.57. The zero-order valence-corrected chi connectivity index (χ0v) is 17.2. The van der Waals surface area contributed by atoms with Crippen molar-refractivity contribution in [2.45, 2.75) is 12.3 Å². The maximum Gasteiger partial charge on any atom is 0.573 e. The molecule has 0 aliphatic carbocycles. The van der Waals surface area contributed by atoms with Gasteiger partial charge in [0, 0.05) is 12.7 Å². The predicted molar refractivity (Wildman–Crippen MR) is 114 cm³/mol. The van der Waals surface area contributed by atoms with Crippen LogP contribution in [0.15, 0.2) is 84.9 Å². The third-order valence-corrected chi connectivity index (χ3v) is 4.64. The minimum atomic E-state index is -4.79. The second-order valence-corrected chi connectivity index (χ2v) is 7.07. The van der Waals surface area contributed by atoms with E-state index in [2.05, 4.69) is 10.1 Å². The highest BCUT2D eigenvalue weighted by Crippen LogP contribution is 2.27. The Balaban J connectivity index is 1.67. The number of halogens is 3. The molecule has 0 atom stereocenters. The van der Waals surface area contributed by atoms with Gasteiger partial charge in [0.05, 0.1) is 12.5 Å². The molecule has 3 rings (SSSR count). The number of carbonyl (C=O) groups is 2. The maximum atomic E-state index is 13.2.